The lowest BCUT2D eigenvalue weighted by Crippen LogP contribution is -2.44. The minimum Gasteiger partial charge on any atom is -0.369 e. The summed E-state index contributed by atoms with van der Waals surface area (Å²) in [4.78, 5) is 14.3. The number of benzene rings is 2. The number of likely N-dealkylation sites (N-methyl/N-ethyl adjacent to an activating group) is 1. The summed E-state index contributed by atoms with van der Waals surface area (Å²) in [6.45, 7) is 6.45. The summed E-state index contributed by atoms with van der Waals surface area (Å²) in [5, 5.41) is 1.15. The van der Waals surface area contributed by atoms with E-state index in [0.717, 1.165) is 59.7 Å². The van der Waals surface area contributed by atoms with Crippen LogP contribution >= 0.6 is 0 Å². The highest BCUT2D eigenvalue weighted by molar-refractivity contribution is 5.94. The average molecular weight is 434 g/mol. The number of hydrogen-bond donors (Lipinski definition) is 0. The molecule has 4 heterocycles. The van der Waals surface area contributed by atoms with Crippen molar-refractivity contribution < 1.29 is 0 Å². The van der Waals surface area contributed by atoms with Crippen molar-refractivity contribution in [1.29, 1.82) is 0 Å². The number of anilines is 1. The van der Waals surface area contributed by atoms with Gasteiger partial charge in [0.05, 0.1) is 17.4 Å². The number of rotatable bonds is 3. The molecule has 0 atom stereocenters. The van der Waals surface area contributed by atoms with E-state index in [1.165, 1.54) is 16.8 Å². The second kappa shape index (κ2) is 8.01. The van der Waals surface area contributed by atoms with E-state index in [9.17, 15) is 0 Å². The number of pyridine rings is 2. The number of imidazole rings is 1. The second-order valence-electron chi connectivity index (χ2n) is 8.95. The zero-order valence-corrected chi connectivity index (χ0v) is 19.1. The molecule has 5 aromatic rings. The van der Waals surface area contributed by atoms with Crippen LogP contribution in [-0.4, -0.2) is 52.5 Å². The zero-order valence-electron chi connectivity index (χ0n) is 19.1. The van der Waals surface area contributed by atoms with Gasteiger partial charge in [-0.2, -0.15) is 0 Å². The molecule has 0 bridgehead atoms. The van der Waals surface area contributed by atoms with Crippen molar-refractivity contribution in [3.8, 4) is 22.4 Å². The molecular weight excluding hydrogens is 406 g/mol. The Hall–Kier alpha value is -3.70. The molecule has 0 N–H and O–H groups in total. The Morgan fingerprint density at radius 2 is 1.61 bits per heavy atom. The number of aryl methyl sites for hydroxylation is 1. The van der Waals surface area contributed by atoms with E-state index in [4.69, 9.17) is 4.98 Å². The standard InChI is InChI=1S/C28H27N5/c1-20-17-25(24-5-3-4-6-26(24)30-20)27-19-29-28-18-22(11-12-33(27)28)21-7-9-23(10-8-21)32-15-13-31(2)14-16-32/h3-12,17-19H,13-16H2,1-2H3. The highest BCUT2D eigenvalue weighted by atomic mass is 15.2. The Bertz CT molecular complexity index is 1440. The van der Waals surface area contributed by atoms with Crippen LogP contribution < -0.4 is 4.90 Å². The van der Waals surface area contributed by atoms with Crippen LogP contribution in [0.15, 0.2) is 79.1 Å². The van der Waals surface area contributed by atoms with Crippen LogP contribution in [0.2, 0.25) is 0 Å². The third-order valence-electron chi connectivity index (χ3n) is 6.70. The monoisotopic (exact) mass is 433 g/mol. The Labute approximate surface area is 193 Å². The van der Waals surface area contributed by atoms with Gasteiger partial charge in [-0.1, -0.05) is 30.3 Å². The second-order valence-corrected chi connectivity index (χ2v) is 8.95. The fourth-order valence-corrected chi connectivity index (χ4v) is 4.81. The Morgan fingerprint density at radius 1 is 0.818 bits per heavy atom. The summed E-state index contributed by atoms with van der Waals surface area (Å²) in [5.74, 6) is 0. The highest BCUT2D eigenvalue weighted by Crippen LogP contribution is 2.31. The van der Waals surface area contributed by atoms with Gasteiger partial charge < -0.3 is 9.80 Å². The number of nitrogens with zero attached hydrogens (tertiary/aromatic N) is 5. The van der Waals surface area contributed by atoms with Crippen LogP contribution in [0.1, 0.15) is 5.69 Å². The van der Waals surface area contributed by atoms with Crippen LogP contribution in [0, 0.1) is 6.92 Å². The van der Waals surface area contributed by atoms with Crippen LogP contribution in [0.3, 0.4) is 0 Å². The highest BCUT2D eigenvalue weighted by Gasteiger charge is 2.15. The summed E-state index contributed by atoms with van der Waals surface area (Å²) in [6, 6.07) is 23.7. The van der Waals surface area contributed by atoms with Gasteiger partial charge in [0, 0.05) is 54.7 Å². The van der Waals surface area contributed by atoms with Crippen molar-refractivity contribution in [2.45, 2.75) is 6.92 Å². The third-order valence-corrected chi connectivity index (χ3v) is 6.70. The SMILES string of the molecule is Cc1cc(-c2cnc3cc(-c4ccc(N5CCN(C)CC5)cc4)ccn23)c2ccccc2n1. The molecule has 0 unspecified atom stereocenters. The molecule has 1 aliphatic rings. The molecule has 6 rings (SSSR count). The van der Waals surface area contributed by atoms with Gasteiger partial charge in [0.15, 0.2) is 0 Å². The molecule has 5 heteroatoms. The maximum absolute atomic E-state index is 4.75. The van der Waals surface area contributed by atoms with Crippen molar-refractivity contribution in [2.75, 3.05) is 38.1 Å². The summed E-state index contributed by atoms with van der Waals surface area (Å²) in [5.41, 5.74) is 8.92. The number of aromatic nitrogens is 3. The van der Waals surface area contributed by atoms with Gasteiger partial charge in [0.1, 0.15) is 5.65 Å². The predicted octanol–water partition coefficient (Wildman–Crippen LogP) is 5.28. The van der Waals surface area contributed by atoms with E-state index < -0.39 is 0 Å². The molecule has 1 aliphatic heterocycles. The van der Waals surface area contributed by atoms with Gasteiger partial charge >= 0.3 is 0 Å². The molecular formula is C28H27N5. The van der Waals surface area contributed by atoms with Gasteiger partial charge in [-0.3, -0.25) is 9.38 Å². The molecule has 164 valence electrons. The summed E-state index contributed by atoms with van der Waals surface area (Å²) in [6.07, 6.45) is 4.10. The van der Waals surface area contributed by atoms with E-state index in [-0.39, 0.29) is 0 Å². The first-order chi connectivity index (χ1) is 16.2. The third kappa shape index (κ3) is 3.64. The topological polar surface area (TPSA) is 36.7 Å². The quantitative estimate of drug-likeness (QED) is 0.388. The van der Waals surface area contributed by atoms with Crippen molar-refractivity contribution in [2.24, 2.45) is 0 Å². The normalized spacial score (nSPS) is 14.9. The minimum absolute atomic E-state index is 0.948. The molecule has 0 aliphatic carbocycles. The fraction of sp³-hybridized carbons (Fsp3) is 0.214. The van der Waals surface area contributed by atoms with Gasteiger partial charge in [-0.15, -0.1) is 0 Å². The van der Waals surface area contributed by atoms with E-state index in [1.807, 2.05) is 19.2 Å². The maximum atomic E-state index is 4.75. The lowest BCUT2D eigenvalue weighted by molar-refractivity contribution is 0.313. The fourth-order valence-electron chi connectivity index (χ4n) is 4.81. The molecule has 0 saturated carbocycles. The van der Waals surface area contributed by atoms with E-state index in [1.54, 1.807) is 0 Å². The number of piperazine rings is 1. The van der Waals surface area contributed by atoms with Gasteiger partial charge in [-0.05, 0) is 61.5 Å². The van der Waals surface area contributed by atoms with Gasteiger partial charge in [0.25, 0.3) is 0 Å². The Morgan fingerprint density at radius 3 is 2.42 bits per heavy atom. The molecule has 5 nitrogen and oxygen atoms in total. The van der Waals surface area contributed by atoms with E-state index >= 15 is 0 Å². The van der Waals surface area contributed by atoms with Crippen molar-refractivity contribution in [3.05, 3.63) is 84.8 Å². The van der Waals surface area contributed by atoms with Crippen LogP contribution in [0.25, 0.3) is 38.9 Å². The minimum atomic E-state index is 0.948. The van der Waals surface area contributed by atoms with E-state index in [2.05, 4.69) is 93.1 Å². The number of para-hydroxylation sites is 1. The van der Waals surface area contributed by atoms with Crippen LogP contribution in [0.4, 0.5) is 5.69 Å². The lowest BCUT2D eigenvalue weighted by atomic mass is 10.0. The maximum Gasteiger partial charge on any atom is 0.137 e. The van der Waals surface area contributed by atoms with Crippen molar-refractivity contribution in [3.63, 3.8) is 0 Å². The number of fused-ring (bicyclic) bond motifs is 2. The molecule has 2 aromatic carbocycles. The molecule has 3 aromatic heterocycles. The molecule has 1 saturated heterocycles. The predicted molar refractivity (Wildman–Crippen MR) is 136 cm³/mol. The first-order valence-electron chi connectivity index (χ1n) is 11.5. The largest absolute Gasteiger partial charge is 0.369 e. The number of hydrogen-bond acceptors (Lipinski definition) is 4. The summed E-state index contributed by atoms with van der Waals surface area (Å²) < 4.78 is 2.17. The van der Waals surface area contributed by atoms with Gasteiger partial charge in [0.2, 0.25) is 0 Å². The molecule has 1 fully saturated rings. The molecule has 0 spiro atoms. The summed E-state index contributed by atoms with van der Waals surface area (Å²) in [7, 11) is 2.19. The van der Waals surface area contributed by atoms with Crippen LogP contribution in [-0.2, 0) is 0 Å². The first-order valence-corrected chi connectivity index (χ1v) is 11.5. The average Bonchev–Trinajstić information content (AvgIpc) is 3.27. The lowest BCUT2D eigenvalue weighted by Gasteiger charge is -2.34. The molecule has 33 heavy (non-hydrogen) atoms. The van der Waals surface area contributed by atoms with Crippen molar-refractivity contribution in [1.82, 2.24) is 19.3 Å². The van der Waals surface area contributed by atoms with Crippen molar-refractivity contribution >= 4 is 22.2 Å². The van der Waals surface area contributed by atoms with E-state index in [0.29, 0.717) is 0 Å². The first kappa shape index (κ1) is 19.9. The Balaban J connectivity index is 1.34. The smallest absolute Gasteiger partial charge is 0.137 e. The Kier molecular flexibility index (Phi) is 4.84. The summed E-state index contributed by atoms with van der Waals surface area (Å²) >= 11 is 0. The van der Waals surface area contributed by atoms with Gasteiger partial charge in [-0.25, -0.2) is 4.98 Å². The van der Waals surface area contributed by atoms with Crippen LogP contribution in [0.5, 0.6) is 0 Å². The molecule has 0 amide bonds. The molecule has 0 radical (unpaired) electrons. The zero-order chi connectivity index (χ0) is 22.4.